The standard InChI is InChI=1S/C70H129N11O12Si/c1-31-34-35-46(16)58(93-94(29,30)70(19,20)21)57-62(85)73-49(32-2)64(87)75(22)50(33-3)65(88)76(23)52(37-41(6)7)61(84)74-55(44(12)13)68(91)77(24)51(36-40(4)5)60(83)71-47(17)59(82)72-48(18)63(86)78(25)53(38-42(8)9)66(89)79(26)54(39-43(10)11)67(90)80(27)56(45(14)15)69(92)81(57)28/h31,34,40-58H,32-33,35-39H2,1-30H3,(H,71,83)(H,72,82)(H,73,85)(H,74,84)/b34-31+/t46-,47-,48+,49-,50-,51-,52+,53-,54-,55?,56-,57-,58+/m1/s1. The molecular weight excluding hydrogens is 1210 g/mol. The van der Waals surface area contributed by atoms with Gasteiger partial charge in [0.15, 0.2) is 8.32 Å². The molecule has 1 aliphatic rings. The van der Waals surface area contributed by atoms with Crippen molar-refractivity contribution in [1.29, 1.82) is 0 Å². The minimum absolute atomic E-state index is 0.0587. The fourth-order valence-corrected chi connectivity index (χ4v) is 13.3. The minimum Gasteiger partial charge on any atom is -0.411 e. The smallest absolute Gasteiger partial charge is 0.246 e. The lowest BCUT2D eigenvalue weighted by molar-refractivity contribution is -0.157. The Bertz CT molecular complexity index is 2600. The summed E-state index contributed by atoms with van der Waals surface area (Å²) in [7, 11) is 7.56. The average molecular weight is 1340 g/mol. The van der Waals surface area contributed by atoms with Crippen LogP contribution in [-0.2, 0) is 57.2 Å². The van der Waals surface area contributed by atoms with E-state index in [9.17, 15) is 24.0 Å². The number of rotatable bonds is 18. The zero-order valence-corrected chi connectivity index (χ0v) is 64.6. The molecule has 0 spiro atoms. The molecule has 0 aromatic heterocycles. The van der Waals surface area contributed by atoms with Crippen molar-refractivity contribution in [2.24, 2.45) is 41.4 Å². The number of likely N-dealkylation sites (N-methyl/N-ethyl adjacent to an activating group) is 7. The topological polar surface area (TPSA) is 268 Å². The predicted molar refractivity (Wildman–Crippen MR) is 374 cm³/mol. The largest absolute Gasteiger partial charge is 0.411 e. The molecule has 540 valence electrons. The van der Waals surface area contributed by atoms with Gasteiger partial charge in [-0.05, 0) is 125 Å². The first-order chi connectivity index (χ1) is 43.1. The van der Waals surface area contributed by atoms with Gasteiger partial charge >= 0.3 is 0 Å². The Labute approximate surface area is 567 Å². The summed E-state index contributed by atoms with van der Waals surface area (Å²) in [5.74, 6) is -8.95. The first kappa shape index (κ1) is 86.1. The Balaban J connectivity index is 4.65. The molecule has 23 nitrogen and oxygen atoms in total. The third-order valence-electron chi connectivity index (χ3n) is 19.0. The van der Waals surface area contributed by atoms with Crippen LogP contribution in [0.1, 0.15) is 190 Å². The SMILES string of the molecule is C/C=C/C[C@@H](C)[C@H](O[Si](C)(C)C(C)(C)C)[C@@H]1C(=O)N[C@H](CC)C(=O)N(C)[C@H](CC)C(=O)N(C)[C@@H](CC(C)C)C(=O)NC(C(C)C)C(=O)N(C)[C@H](CC(C)C)C(=O)N[C@H](C)C(=O)N[C@@H](C)C(=O)N(C)[C@H](CC(C)C)C(=O)N(C)[C@H](CC(C)C)C(=O)N(C)[C@H](C(C)C)C(=O)N1C. The maximum Gasteiger partial charge on any atom is 0.246 e. The molecule has 11 amide bonds. The highest BCUT2D eigenvalue weighted by Gasteiger charge is 2.50. The molecule has 1 heterocycles. The number of hydrogen-bond donors (Lipinski definition) is 4. The van der Waals surface area contributed by atoms with Gasteiger partial charge in [0.05, 0.1) is 6.10 Å². The molecule has 0 aliphatic carbocycles. The van der Waals surface area contributed by atoms with Crippen LogP contribution in [0.3, 0.4) is 0 Å². The Morgan fingerprint density at radius 3 is 1.23 bits per heavy atom. The van der Waals surface area contributed by atoms with Gasteiger partial charge in [-0.1, -0.05) is 137 Å². The number of hydrogen-bond acceptors (Lipinski definition) is 12. The molecule has 1 rings (SSSR count). The van der Waals surface area contributed by atoms with Crippen molar-refractivity contribution in [1.82, 2.24) is 55.6 Å². The summed E-state index contributed by atoms with van der Waals surface area (Å²) in [6.07, 6.45) is 4.15. The van der Waals surface area contributed by atoms with Crippen LogP contribution in [0.5, 0.6) is 0 Å². The number of allylic oxidation sites excluding steroid dienone is 2. The van der Waals surface area contributed by atoms with Crippen molar-refractivity contribution in [3.8, 4) is 0 Å². The monoisotopic (exact) mass is 1340 g/mol. The number of carbonyl (C=O) groups is 11. The van der Waals surface area contributed by atoms with Crippen molar-refractivity contribution in [3.05, 3.63) is 12.2 Å². The van der Waals surface area contributed by atoms with Gasteiger partial charge in [-0.25, -0.2) is 0 Å². The predicted octanol–water partition coefficient (Wildman–Crippen LogP) is 7.08. The molecule has 0 bridgehead atoms. The second-order valence-corrected chi connectivity index (χ2v) is 35.3. The van der Waals surface area contributed by atoms with E-state index in [1.54, 1.807) is 41.5 Å². The van der Waals surface area contributed by atoms with Crippen LogP contribution in [0.4, 0.5) is 0 Å². The highest BCUT2D eigenvalue weighted by molar-refractivity contribution is 6.74. The van der Waals surface area contributed by atoms with Crippen molar-refractivity contribution in [2.45, 2.75) is 281 Å². The van der Waals surface area contributed by atoms with Gasteiger partial charge in [0, 0.05) is 49.3 Å². The number of carbonyl (C=O) groups excluding carboxylic acids is 11. The first-order valence-electron chi connectivity index (χ1n) is 34.5. The molecule has 0 aromatic rings. The van der Waals surface area contributed by atoms with E-state index in [0.717, 1.165) is 0 Å². The van der Waals surface area contributed by atoms with Crippen LogP contribution in [0.25, 0.3) is 0 Å². The highest BCUT2D eigenvalue weighted by Crippen LogP contribution is 2.40. The average Bonchev–Trinajstić information content (AvgIpc) is 0.816. The van der Waals surface area contributed by atoms with Crippen LogP contribution in [0, 0.1) is 41.4 Å². The van der Waals surface area contributed by atoms with Gasteiger partial charge < -0.3 is 60.0 Å². The van der Waals surface area contributed by atoms with Gasteiger partial charge in [0.1, 0.15) is 66.5 Å². The first-order valence-corrected chi connectivity index (χ1v) is 37.4. The third-order valence-corrected chi connectivity index (χ3v) is 23.4. The van der Waals surface area contributed by atoms with E-state index in [0.29, 0.717) is 6.42 Å². The van der Waals surface area contributed by atoms with E-state index in [1.165, 1.54) is 97.5 Å². The van der Waals surface area contributed by atoms with Crippen LogP contribution in [-0.4, -0.2) is 229 Å². The Hall–Kier alpha value is -5.91. The molecule has 94 heavy (non-hydrogen) atoms. The summed E-state index contributed by atoms with van der Waals surface area (Å²) in [4.78, 5) is 174. The summed E-state index contributed by atoms with van der Waals surface area (Å²) >= 11 is 0. The van der Waals surface area contributed by atoms with Crippen molar-refractivity contribution in [2.75, 3.05) is 49.3 Å². The van der Waals surface area contributed by atoms with E-state index in [2.05, 4.69) is 55.1 Å². The van der Waals surface area contributed by atoms with E-state index in [-0.39, 0.29) is 67.2 Å². The van der Waals surface area contributed by atoms with Crippen LogP contribution in [0.2, 0.25) is 18.1 Å². The molecule has 1 fully saturated rings. The number of nitrogens with one attached hydrogen (secondary N) is 4. The zero-order valence-electron chi connectivity index (χ0n) is 63.6. The van der Waals surface area contributed by atoms with Gasteiger partial charge in [0.2, 0.25) is 65.0 Å². The summed E-state index contributed by atoms with van der Waals surface area (Å²) in [6.45, 7) is 42.7. The van der Waals surface area contributed by atoms with Gasteiger partial charge in [0.25, 0.3) is 0 Å². The minimum atomic E-state index is -2.82. The third kappa shape index (κ3) is 23.1. The van der Waals surface area contributed by atoms with Crippen LogP contribution >= 0.6 is 0 Å². The van der Waals surface area contributed by atoms with Crippen molar-refractivity contribution >= 4 is 73.3 Å². The lowest BCUT2D eigenvalue weighted by atomic mass is 9.91. The second-order valence-electron chi connectivity index (χ2n) is 30.6. The lowest BCUT2D eigenvalue weighted by Crippen LogP contribution is -2.65. The lowest BCUT2D eigenvalue weighted by Gasteiger charge is -2.46. The van der Waals surface area contributed by atoms with E-state index < -0.39 is 164 Å². The van der Waals surface area contributed by atoms with Crippen molar-refractivity contribution < 1.29 is 57.2 Å². The summed E-state index contributed by atoms with van der Waals surface area (Å²) in [6, 6.07) is -13.2. The van der Waals surface area contributed by atoms with Gasteiger partial charge in [-0.3, -0.25) is 52.7 Å². The number of nitrogens with zero attached hydrogens (tertiary/aromatic N) is 7. The van der Waals surface area contributed by atoms with Crippen molar-refractivity contribution in [3.63, 3.8) is 0 Å². The summed E-state index contributed by atoms with van der Waals surface area (Å²) in [5.41, 5.74) is 0. The molecule has 24 heteroatoms. The van der Waals surface area contributed by atoms with Gasteiger partial charge in [-0.15, -0.1) is 0 Å². The van der Waals surface area contributed by atoms with E-state index in [4.69, 9.17) is 4.43 Å². The Morgan fingerprint density at radius 1 is 0.436 bits per heavy atom. The quantitative estimate of drug-likeness (QED) is 0.0793. The van der Waals surface area contributed by atoms with Crippen LogP contribution < -0.4 is 21.3 Å². The molecule has 0 saturated carbocycles. The van der Waals surface area contributed by atoms with E-state index in [1.807, 2.05) is 81.4 Å². The van der Waals surface area contributed by atoms with Gasteiger partial charge in [-0.2, -0.15) is 0 Å². The second kappa shape index (κ2) is 37.6. The fraction of sp³-hybridized carbons (Fsp3) is 0.814. The molecule has 1 saturated heterocycles. The molecule has 13 atom stereocenters. The maximum absolute atomic E-state index is 15.8. The Morgan fingerprint density at radius 2 is 0.819 bits per heavy atom. The van der Waals surface area contributed by atoms with E-state index >= 15 is 28.8 Å². The molecule has 1 aliphatic heterocycles. The molecule has 0 radical (unpaired) electrons. The summed E-state index contributed by atoms with van der Waals surface area (Å²) < 4.78 is 7.29. The Kier molecular flexibility index (Phi) is 34.4. The summed E-state index contributed by atoms with van der Waals surface area (Å²) in [5, 5.41) is 11.0. The molecule has 4 N–H and O–H groups in total. The maximum atomic E-state index is 15.8. The number of amides is 11. The molecule has 0 aromatic carbocycles. The molecule has 1 unspecified atom stereocenters. The molecular formula is C70H129N11O12Si. The highest BCUT2D eigenvalue weighted by atomic mass is 28.4. The zero-order chi connectivity index (χ0) is 73.3. The normalized spacial score (nSPS) is 26.7. The fourth-order valence-electron chi connectivity index (χ4n) is 11.9. The van der Waals surface area contributed by atoms with Crippen LogP contribution in [0.15, 0.2) is 12.2 Å².